The van der Waals surface area contributed by atoms with E-state index in [4.69, 9.17) is 4.42 Å². The van der Waals surface area contributed by atoms with Crippen molar-refractivity contribution in [1.82, 2.24) is 9.80 Å². The largest absolute Gasteiger partial charge is 0.472 e. The van der Waals surface area contributed by atoms with Crippen molar-refractivity contribution >= 4 is 5.91 Å². The van der Waals surface area contributed by atoms with Gasteiger partial charge in [0.05, 0.1) is 11.8 Å². The van der Waals surface area contributed by atoms with E-state index in [2.05, 4.69) is 4.90 Å². The molecule has 27 heavy (non-hydrogen) atoms. The lowest BCUT2D eigenvalue weighted by molar-refractivity contribution is 0.0772. The maximum Gasteiger partial charge on any atom is 0.257 e. The topological polar surface area (TPSA) is 36.7 Å². The molecule has 0 saturated carbocycles. The van der Waals surface area contributed by atoms with Crippen LogP contribution in [-0.2, 0) is 6.54 Å². The highest BCUT2D eigenvalue weighted by atomic mass is 19.2. The first-order valence-electron chi connectivity index (χ1n) is 9.58. The lowest BCUT2D eigenvalue weighted by Crippen LogP contribution is -2.37. The minimum atomic E-state index is -0.782. The molecular formula is C21H24F2N2O2. The Bertz CT molecular complexity index is 785. The van der Waals surface area contributed by atoms with Gasteiger partial charge < -0.3 is 9.32 Å². The standard InChI is InChI=1S/C21H24F2N2O2/c22-19-3-1-2-17(20(19)23)12-24-8-4-15(5-9-24)16-6-10-25(13-16)21(26)18-7-11-27-14-18/h1-3,7,11,14-16H,4-6,8-10,12-13H2/t16-/m0/s1. The molecule has 4 nitrogen and oxygen atoms in total. The van der Waals surface area contributed by atoms with Crippen LogP contribution in [0.5, 0.6) is 0 Å². The lowest BCUT2D eigenvalue weighted by Gasteiger charge is -2.35. The summed E-state index contributed by atoms with van der Waals surface area (Å²) in [6.45, 7) is 3.81. The van der Waals surface area contributed by atoms with E-state index in [0.29, 0.717) is 29.5 Å². The molecule has 0 bridgehead atoms. The Morgan fingerprint density at radius 3 is 2.59 bits per heavy atom. The molecule has 0 N–H and O–H groups in total. The maximum atomic E-state index is 13.9. The number of halogens is 2. The fourth-order valence-electron chi connectivity index (χ4n) is 4.42. The molecule has 1 aromatic heterocycles. The number of nitrogens with zero attached hydrogens (tertiary/aromatic N) is 2. The van der Waals surface area contributed by atoms with Gasteiger partial charge in [0.15, 0.2) is 11.6 Å². The van der Waals surface area contributed by atoms with Gasteiger partial charge in [0.1, 0.15) is 6.26 Å². The molecular weight excluding hydrogens is 350 g/mol. The van der Waals surface area contributed by atoms with Crippen molar-refractivity contribution in [3.63, 3.8) is 0 Å². The minimum absolute atomic E-state index is 0.0465. The van der Waals surface area contributed by atoms with E-state index in [0.717, 1.165) is 51.5 Å². The molecule has 2 aliphatic rings. The van der Waals surface area contributed by atoms with Crippen LogP contribution in [0.2, 0.25) is 0 Å². The van der Waals surface area contributed by atoms with Crippen LogP contribution < -0.4 is 0 Å². The number of amides is 1. The summed E-state index contributed by atoms with van der Waals surface area (Å²) in [5, 5.41) is 0. The first-order valence-corrected chi connectivity index (χ1v) is 9.58. The summed E-state index contributed by atoms with van der Waals surface area (Å²) in [5.74, 6) is -0.362. The van der Waals surface area contributed by atoms with Gasteiger partial charge in [0.2, 0.25) is 0 Å². The molecule has 1 aromatic carbocycles. The van der Waals surface area contributed by atoms with Crippen molar-refractivity contribution in [2.24, 2.45) is 11.8 Å². The zero-order valence-electron chi connectivity index (χ0n) is 15.2. The maximum absolute atomic E-state index is 13.9. The smallest absolute Gasteiger partial charge is 0.257 e. The van der Waals surface area contributed by atoms with E-state index < -0.39 is 11.6 Å². The Hall–Kier alpha value is -2.21. The predicted octanol–water partition coefficient (Wildman–Crippen LogP) is 3.93. The number of rotatable bonds is 4. The number of carbonyl (C=O) groups is 1. The van der Waals surface area contributed by atoms with Crippen LogP contribution in [-0.4, -0.2) is 41.9 Å². The van der Waals surface area contributed by atoms with Crippen molar-refractivity contribution in [3.8, 4) is 0 Å². The van der Waals surface area contributed by atoms with Gasteiger partial charge in [0.25, 0.3) is 5.91 Å². The molecule has 0 unspecified atom stereocenters. The SMILES string of the molecule is O=C(c1ccoc1)N1CC[C@H](C2CCN(Cc3cccc(F)c3F)CC2)C1. The first kappa shape index (κ1) is 18.2. The summed E-state index contributed by atoms with van der Waals surface area (Å²) < 4.78 is 32.3. The van der Waals surface area contributed by atoms with Crippen molar-refractivity contribution in [2.45, 2.75) is 25.8 Å². The van der Waals surface area contributed by atoms with Crippen LogP contribution in [0, 0.1) is 23.5 Å². The van der Waals surface area contributed by atoms with Crippen molar-refractivity contribution in [3.05, 3.63) is 59.6 Å². The predicted molar refractivity (Wildman–Crippen MR) is 97.1 cm³/mol. The van der Waals surface area contributed by atoms with Crippen LogP contribution in [0.1, 0.15) is 35.2 Å². The van der Waals surface area contributed by atoms with Gasteiger partial charge in [-0.3, -0.25) is 9.69 Å². The Morgan fingerprint density at radius 2 is 1.85 bits per heavy atom. The third-order valence-corrected chi connectivity index (χ3v) is 6.00. The molecule has 4 rings (SSSR count). The summed E-state index contributed by atoms with van der Waals surface area (Å²) in [7, 11) is 0. The summed E-state index contributed by atoms with van der Waals surface area (Å²) in [6.07, 6.45) is 6.13. The van der Waals surface area contributed by atoms with E-state index in [9.17, 15) is 13.6 Å². The Balaban J connectivity index is 1.28. The van der Waals surface area contributed by atoms with Gasteiger partial charge in [-0.05, 0) is 56.3 Å². The fraction of sp³-hybridized carbons (Fsp3) is 0.476. The molecule has 2 aromatic rings. The Morgan fingerprint density at radius 1 is 1.07 bits per heavy atom. The second-order valence-corrected chi connectivity index (χ2v) is 7.64. The number of likely N-dealkylation sites (tertiary alicyclic amines) is 2. The van der Waals surface area contributed by atoms with Gasteiger partial charge in [0, 0.05) is 25.2 Å². The molecule has 6 heteroatoms. The number of benzene rings is 1. The molecule has 144 valence electrons. The molecule has 1 atom stereocenters. The first-order chi connectivity index (χ1) is 13.1. The van der Waals surface area contributed by atoms with Gasteiger partial charge in [-0.15, -0.1) is 0 Å². The number of hydrogen-bond donors (Lipinski definition) is 0. The number of hydrogen-bond acceptors (Lipinski definition) is 3. The highest BCUT2D eigenvalue weighted by Crippen LogP contribution is 2.33. The molecule has 2 saturated heterocycles. The fourth-order valence-corrected chi connectivity index (χ4v) is 4.42. The normalized spacial score (nSPS) is 21.7. The van der Waals surface area contributed by atoms with Gasteiger partial charge in [-0.1, -0.05) is 12.1 Å². The molecule has 3 heterocycles. The summed E-state index contributed by atoms with van der Waals surface area (Å²) in [4.78, 5) is 16.6. The van der Waals surface area contributed by atoms with Crippen LogP contribution in [0.15, 0.2) is 41.2 Å². The zero-order valence-corrected chi connectivity index (χ0v) is 15.2. The summed E-state index contributed by atoms with van der Waals surface area (Å²) >= 11 is 0. The van der Waals surface area contributed by atoms with E-state index in [1.807, 2.05) is 4.90 Å². The van der Waals surface area contributed by atoms with Crippen LogP contribution in [0.4, 0.5) is 8.78 Å². The van der Waals surface area contributed by atoms with Gasteiger partial charge >= 0.3 is 0 Å². The van der Waals surface area contributed by atoms with E-state index in [1.54, 1.807) is 18.2 Å². The van der Waals surface area contributed by atoms with Gasteiger partial charge in [-0.2, -0.15) is 0 Å². The highest BCUT2D eigenvalue weighted by Gasteiger charge is 2.34. The van der Waals surface area contributed by atoms with E-state index >= 15 is 0 Å². The zero-order chi connectivity index (χ0) is 18.8. The number of piperidine rings is 1. The van der Waals surface area contributed by atoms with Gasteiger partial charge in [-0.25, -0.2) is 8.78 Å². The minimum Gasteiger partial charge on any atom is -0.472 e. The lowest BCUT2D eigenvalue weighted by atomic mass is 9.83. The van der Waals surface area contributed by atoms with Crippen LogP contribution in [0.25, 0.3) is 0 Å². The molecule has 2 fully saturated rings. The van der Waals surface area contributed by atoms with E-state index in [1.165, 1.54) is 12.5 Å². The second kappa shape index (κ2) is 7.80. The molecule has 2 aliphatic heterocycles. The summed E-state index contributed by atoms with van der Waals surface area (Å²) in [6, 6.07) is 6.08. The monoisotopic (exact) mass is 374 g/mol. The Labute approximate surface area is 157 Å². The molecule has 1 amide bonds. The second-order valence-electron chi connectivity index (χ2n) is 7.64. The Kier molecular flexibility index (Phi) is 5.25. The molecule has 0 radical (unpaired) electrons. The third-order valence-electron chi connectivity index (χ3n) is 6.00. The van der Waals surface area contributed by atoms with Crippen molar-refractivity contribution < 1.29 is 18.0 Å². The van der Waals surface area contributed by atoms with Crippen LogP contribution >= 0.6 is 0 Å². The molecule has 0 aliphatic carbocycles. The average Bonchev–Trinajstić information content (AvgIpc) is 3.38. The third kappa shape index (κ3) is 3.90. The molecule has 0 spiro atoms. The van der Waals surface area contributed by atoms with E-state index in [-0.39, 0.29) is 5.91 Å². The van der Waals surface area contributed by atoms with Crippen LogP contribution in [0.3, 0.4) is 0 Å². The van der Waals surface area contributed by atoms with Crippen molar-refractivity contribution in [1.29, 1.82) is 0 Å². The van der Waals surface area contributed by atoms with Crippen molar-refractivity contribution in [2.75, 3.05) is 26.2 Å². The average molecular weight is 374 g/mol. The number of carbonyl (C=O) groups excluding carboxylic acids is 1. The quantitative estimate of drug-likeness (QED) is 0.814. The highest BCUT2D eigenvalue weighted by molar-refractivity contribution is 5.94. The summed E-state index contributed by atoms with van der Waals surface area (Å²) in [5.41, 5.74) is 1.04. The number of furan rings is 1.